The third-order valence-electron chi connectivity index (χ3n) is 20.0. The predicted octanol–water partition coefficient (Wildman–Crippen LogP) is 25.1. The zero-order valence-electron chi connectivity index (χ0n) is 62.2. The third-order valence-corrected chi connectivity index (χ3v) is 22.9. The fraction of sp³-hybridized carbons (Fsp3) is 0.435. The minimum absolute atomic E-state index is 0.169. The number of ether oxygens (including phenoxy) is 3. The number of aryl methyl sites for hydroxylation is 2. The molecule has 0 amide bonds. The molecule has 11 rings (SSSR count). The van der Waals surface area contributed by atoms with E-state index in [2.05, 4.69) is 282 Å². The molecule has 9 nitrogen and oxygen atoms in total. The van der Waals surface area contributed by atoms with Gasteiger partial charge in [-0.25, -0.2) is 8.78 Å². The van der Waals surface area contributed by atoms with Crippen LogP contribution in [0.15, 0.2) is 204 Å². The normalized spacial score (nSPS) is 15.8. The second-order valence-electron chi connectivity index (χ2n) is 29.1. The molecule has 8 aromatic rings. The smallest absolute Gasteiger partial charge is 0.399 e. The molecule has 3 saturated heterocycles. The molecule has 18 heteroatoms. The summed E-state index contributed by atoms with van der Waals surface area (Å²) >= 11 is 16.6. The van der Waals surface area contributed by atoms with Gasteiger partial charge in [0.2, 0.25) is 0 Å². The number of hydrogen-bond acceptors (Lipinski definition) is 9. The lowest BCUT2D eigenvalue weighted by molar-refractivity contribution is -0.150. The summed E-state index contributed by atoms with van der Waals surface area (Å²) in [6.45, 7) is 28.4. The van der Waals surface area contributed by atoms with Crippen molar-refractivity contribution in [2.75, 3.05) is 42.8 Å². The summed E-state index contributed by atoms with van der Waals surface area (Å²) in [5.41, 5.74) is 10.1. The van der Waals surface area contributed by atoms with E-state index in [1.165, 1.54) is 104 Å². The summed E-state index contributed by atoms with van der Waals surface area (Å²) < 4.78 is 74.0. The Morgan fingerprint density at radius 3 is 1.09 bits per heavy atom. The lowest BCUT2D eigenvalue weighted by atomic mass is 9.79. The standard InChI is InChI=1S/C34H45B2NO4.C19H29BrO3.C18H10Br3F2N.C14H21Br/c1-10-11-12-25-13-19-28(20-14-25)37(29-21-15-26(16-22-29)35-38-31(2,3)32(4,5)39-35)30-23-17-27(18-24-30)36-40-33(6,7)34(8,9)41-36;1-2-19(15-23-16-19)14-22-12-6-4-3-5-11-21-13-17-7-9-18(20)10-8-17;19-11-1-5-13(6-2-11)24(14-7-3-12(20)4-8-14)15-9-16(22)18(21)17(23)10-15;1-2-3-4-5-6-7-8-13-9-11-14(15)12-10-13/h13-24H,10-12H2,1-9H3;7-10H,2-6,11-16H2,1H3;1-10H;9-12H,2-8H2,1H3. The van der Waals surface area contributed by atoms with E-state index < -0.39 is 11.6 Å². The molecular weight excluding hydrogens is 1620 g/mol. The van der Waals surface area contributed by atoms with E-state index >= 15 is 0 Å². The number of nitrogens with zero attached hydrogens (tertiary/aromatic N) is 2. The highest BCUT2D eigenvalue weighted by Crippen LogP contribution is 2.42. The van der Waals surface area contributed by atoms with Crippen molar-refractivity contribution in [1.29, 1.82) is 0 Å². The SMILES string of the molecule is CCC1(COCCCCCCOCc2ccc(Br)cc2)COC1.CCCCCCCCc1ccc(Br)cc1.CCCCc1ccc(N(c2ccc(B3OC(C)(C)C(C)(C)O3)cc2)c2ccc(B3OC(C)(C)C(C)(C)O3)cc2)cc1.Fc1cc(N(c2ccc(Br)cc2)c2ccc(Br)cc2)cc(F)c1Br. The molecule has 0 atom stereocenters. The maximum absolute atomic E-state index is 14.0. The quantitative estimate of drug-likeness (QED) is 0.0249. The van der Waals surface area contributed by atoms with E-state index in [1.807, 2.05) is 48.5 Å². The highest BCUT2D eigenvalue weighted by Gasteiger charge is 2.53. The van der Waals surface area contributed by atoms with Crippen LogP contribution in [0.2, 0.25) is 0 Å². The molecule has 0 spiro atoms. The van der Waals surface area contributed by atoms with Crippen molar-refractivity contribution in [3.8, 4) is 0 Å². The van der Waals surface area contributed by atoms with Crippen LogP contribution in [0, 0.1) is 17.0 Å². The van der Waals surface area contributed by atoms with E-state index in [-0.39, 0.29) is 41.1 Å². The van der Waals surface area contributed by atoms with Gasteiger partial charge in [-0.2, -0.15) is 0 Å². The van der Waals surface area contributed by atoms with E-state index in [0.717, 1.165) is 111 Å². The van der Waals surface area contributed by atoms with Crippen LogP contribution in [0.3, 0.4) is 0 Å². The maximum Gasteiger partial charge on any atom is 0.494 e. The molecule has 3 aliphatic heterocycles. The van der Waals surface area contributed by atoms with Crippen LogP contribution in [0.1, 0.15) is 176 Å². The van der Waals surface area contributed by atoms with E-state index in [4.69, 9.17) is 32.8 Å². The number of hydrogen-bond donors (Lipinski definition) is 0. The number of anilines is 6. The fourth-order valence-electron chi connectivity index (χ4n) is 11.8. The summed E-state index contributed by atoms with van der Waals surface area (Å²) in [6, 6.07) is 60.6. The van der Waals surface area contributed by atoms with Crippen molar-refractivity contribution in [2.45, 2.75) is 201 Å². The molecule has 552 valence electrons. The zero-order valence-corrected chi connectivity index (χ0v) is 70.2. The topological polar surface area (TPSA) is 71.1 Å². The summed E-state index contributed by atoms with van der Waals surface area (Å²) in [5, 5.41) is 0. The van der Waals surface area contributed by atoms with Crippen LogP contribution >= 0.6 is 79.6 Å². The van der Waals surface area contributed by atoms with E-state index in [1.54, 1.807) is 4.90 Å². The Hall–Kier alpha value is -4.53. The van der Waals surface area contributed by atoms with Gasteiger partial charge in [0.05, 0.1) is 59.0 Å². The van der Waals surface area contributed by atoms with Crippen LogP contribution < -0.4 is 20.7 Å². The molecule has 0 saturated carbocycles. The van der Waals surface area contributed by atoms with Gasteiger partial charge in [0.1, 0.15) is 11.6 Å². The van der Waals surface area contributed by atoms with Gasteiger partial charge >= 0.3 is 14.2 Å². The first kappa shape index (κ1) is 84.1. The highest BCUT2D eigenvalue weighted by molar-refractivity contribution is 9.11. The summed E-state index contributed by atoms with van der Waals surface area (Å²) in [5.74, 6) is -1.30. The molecule has 3 heterocycles. The minimum Gasteiger partial charge on any atom is -0.399 e. The molecule has 0 aromatic heterocycles. The third kappa shape index (κ3) is 25.0. The van der Waals surface area contributed by atoms with Crippen molar-refractivity contribution >= 4 is 139 Å². The van der Waals surface area contributed by atoms with Gasteiger partial charge in [-0.1, -0.05) is 197 Å². The van der Waals surface area contributed by atoms with Gasteiger partial charge in [0, 0.05) is 65.0 Å². The van der Waals surface area contributed by atoms with Crippen molar-refractivity contribution < 1.29 is 41.6 Å². The van der Waals surface area contributed by atoms with E-state index in [9.17, 15) is 8.78 Å². The molecule has 0 bridgehead atoms. The van der Waals surface area contributed by atoms with Gasteiger partial charge < -0.3 is 42.6 Å². The van der Waals surface area contributed by atoms with Crippen molar-refractivity contribution in [1.82, 2.24) is 0 Å². The summed E-state index contributed by atoms with van der Waals surface area (Å²) in [7, 11) is -0.779. The Labute approximate surface area is 657 Å². The highest BCUT2D eigenvalue weighted by atomic mass is 79.9. The van der Waals surface area contributed by atoms with Crippen LogP contribution in [0.25, 0.3) is 0 Å². The van der Waals surface area contributed by atoms with Crippen LogP contribution in [-0.4, -0.2) is 69.7 Å². The van der Waals surface area contributed by atoms with Crippen LogP contribution in [0.5, 0.6) is 0 Å². The Balaban J connectivity index is 0.000000186. The van der Waals surface area contributed by atoms with Crippen LogP contribution in [-0.2, 0) is 52.3 Å². The molecule has 3 fully saturated rings. The van der Waals surface area contributed by atoms with Gasteiger partial charge in [0.15, 0.2) is 0 Å². The summed E-state index contributed by atoms with van der Waals surface area (Å²) in [6.07, 6.45) is 18.9. The Morgan fingerprint density at radius 1 is 0.379 bits per heavy atom. The van der Waals surface area contributed by atoms with Gasteiger partial charge in [-0.05, 0) is 265 Å². The Kier molecular flexibility index (Phi) is 33.2. The lowest BCUT2D eigenvalue weighted by Crippen LogP contribution is -2.45. The van der Waals surface area contributed by atoms with Crippen molar-refractivity contribution in [3.63, 3.8) is 0 Å². The molecule has 0 radical (unpaired) electrons. The fourth-order valence-corrected chi connectivity index (χ4v) is 13.1. The zero-order chi connectivity index (χ0) is 74.2. The molecule has 8 aromatic carbocycles. The first-order valence-corrected chi connectivity index (χ1v) is 40.7. The van der Waals surface area contributed by atoms with E-state index in [0.29, 0.717) is 17.7 Å². The molecule has 3 aliphatic rings. The number of unbranched alkanes of at least 4 members (excludes halogenated alkanes) is 9. The second kappa shape index (κ2) is 40.6. The number of halogens is 7. The molecule has 0 unspecified atom stereocenters. The Bertz CT molecular complexity index is 3630. The van der Waals surface area contributed by atoms with Gasteiger partial charge in [-0.3, -0.25) is 0 Å². The first-order valence-electron chi connectivity index (χ1n) is 36.7. The second-order valence-corrected chi connectivity index (χ2v) is 33.6. The Morgan fingerprint density at radius 2 is 0.699 bits per heavy atom. The van der Waals surface area contributed by atoms with Gasteiger partial charge in [-0.15, -0.1) is 0 Å². The molecule has 0 N–H and O–H groups in total. The minimum atomic E-state index is -0.649. The maximum atomic E-state index is 14.0. The lowest BCUT2D eigenvalue weighted by Gasteiger charge is -2.40. The first-order chi connectivity index (χ1) is 49.2. The molecule has 0 aliphatic carbocycles. The molecular formula is C85H105B2Br5F2N2O7. The average Bonchev–Trinajstić information content (AvgIpc) is 1.67. The average molecular weight is 1730 g/mol. The number of rotatable bonds is 30. The summed E-state index contributed by atoms with van der Waals surface area (Å²) in [4.78, 5) is 4.07. The van der Waals surface area contributed by atoms with Gasteiger partial charge in [0.25, 0.3) is 0 Å². The largest absolute Gasteiger partial charge is 0.494 e. The van der Waals surface area contributed by atoms with Crippen molar-refractivity contribution in [2.24, 2.45) is 5.41 Å². The monoisotopic (exact) mass is 1720 g/mol. The van der Waals surface area contributed by atoms with Crippen molar-refractivity contribution in [3.05, 3.63) is 233 Å². The number of benzene rings is 8. The van der Waals surface area contributed by atoms with Crippen LogP contribution in [0.4, 0.5) is 42.9 Å². The molecule has 103 heavy (non-hydrogen) atoms. The predicted molar refractivity (Wildman–Crippen MR) is 443 cm³/mol.